The van der Waals surface area contributed by atoms with Crippen LogP contribution in [0.4, 0.5) is 0 Å². The summed E-state index contributed by atoms with van der Waals surface area (Å²) in [5.41, 5.74) is 5.69. The molecular formula is C55H94O7. The lowest BCUT2D eigenvalue weighted by atomic mass is 9.86. The van der Waals surface area contributed by atoms with Crippen molar-refractivity contribution in [2.24, 2.45) is 5.92 Å². The van der Waals surface area contributed by atoms with Crippen molar-refractivity contribution in [1.29, 1.82) is 0 Å². The monoisotopic (exact) mass is 867 g/mol. The predicted octanol–water partition coefficient (Wildman–Crippen LogP) is 14.7. The highest BCUT2D eigenvalue weighted by molar-refractivity contribution is 5.69. The summed E-state index contributed by atoms with van der Waals surface area (Å²) >= 11 is 0. The fourth-order valence-electron chi connectivity index (χ4n) is 5.73. The van der Waals surface area contributed by atoms with E-state index in [1.807, 2.05) is 20.8 Å². The van der Waals surface area contributed by atoms with Crippen molar-refractivity contribution in [2.45, 2.75) is 216 Å². The van der Waals surface area contributed by atoms with Gasteiger partial charge in [-0.1, -0.05) is 96.6 Å². The lowest BCUT2D eigenvalue weighted by Crippen LogP contribution is -2.30. The molecule has 0 aromatic heterocycles. The Morgan fingerprint density at radius 1 is 0.710 bits per heavy atom. The second-order valence-electron chi connectivity index (χ2n) is 18.8. The second-order valence-corrected chi connectivity index (χ2v) is 18.8. The maximum absolute atomic E-state index is 11.2. The molecule has 7 heteroatoms. The first kappa shape index (κ1) is 62.8. The molecule has 0 saturated carbocycles. The molecule has 0 bridgehead atoms. The lowest BCUT2D eigenvalue weighted by Gasteiger charge is -2.25. The summed E-state index contributed by atoms with van der Waals surface area (Å²) in [7, 11) is 0. The zero-order chi connectivity index (χ0) is 48.7. The van der Waals surface area contributed by atoms with Crippen LogP contribution in [0.15, 0.2) is 108 Å². The fourth-order valence-corrected chi connectivity index (χ4v) is 5.73. The number of ether oxygens (including phenoxy) is 3. The molecule has 1 heterocycles. The molecule has 2 aliphatic rings. The normalized spacial score (nSPS) is 18.5. The number of esters is 2. The van der Waals surface area contributed by atoms with Crippen LogP contribution in [-0.2, 0) is 23.8 Å². The van der Waals surface area contributed by atoms with Crippen LogP contribution in [0.5, 0.6) is 0 Å². The SMILES string of the molecule is C=C(C)[C@H]1CC=C(C)CC1.C=CC(C)(CCC=C(C)C)OC(=O)CC.C=CC(C)(CCC=C(C)C)OC(C)=O.C=CC(C)(O)CCC=C(C)C.CC(C)=CCCC(C)(O)C1CO1. The van der Waals surface area contributed by atoms with Gasteiger partial charge in [0, 0.05) is 13.3 Å². The van der Waals surface area contributed by atoms with Crippen LogP contribution in [0, 0.1) is 5.92 Å². The second kappa shape index (κ2) is 33.1. The highest BCUT2D eigenvalue weighted by atomic mass is 16.6. The average molecular weight is 867 g/mol. The van der Waals surface area contributed by atoms with Crippen molar-refractivity contribution in [3.63, 3.8) is 0 Å². The van der Waals surface area contributed by atoms with Crippen LogP contribution in [0.1, 0.15) is 188 Å². The van der Waals surface area contributed by atoms with Gasteiger partial charge in [-0.2, -0.15) is 0 Å². The van der Waals surface area contributed by atoms with Crippen molar-refractivity contribution >= 4 is 11.9 Å². The van der Waals surface area contributed by atoms with E-state index in [9.17, 15) is 19.8 Å². The Balaban J connectivity index is -0.000000706. The van der Waals surface area contributed by atoms with Gasteiger partial charge in [0.05, 0.1) is 17.8 Å². The molecule has 1 aliphatic carbocycles. The molecule has 1 fully saturated rings. The Morgan fingerprint density at radius 3 is 1.42 bits per heavy atom. The summed E-state index contributed by atoms with van der Waals surface area (Å²) in [6.45, 7) is 47.1. The largest absolute Gasteiger partial charge is 0.455 e. The summed E-state index contributed by atoms with van der Waals surface area (Å²) in [5.74, 6) is 0.336. The molecule has 62 heavy (non-hydrogen) atoms. The van der Waals surface area contributed by atoms with Gasteiger partial charge in [0.15, 0.2) is 0 Å². The van der Waals surface area contributed by atoms with Crippen molar-refractivity contribution in [3.05, 3.63) is 108 Å². The van der Waals surface area contributed by atoms with E-state index in [1.54, 1.807) is 37.6 Å². The van der Waals surface area contributed by atoms with E-state index in [4.69, 9.17) is 14.2 Å². The van der Waals surface area contributed by atoms with Crippen molar-refractivity contribution < 1.29 is 34.0 Å². The van der Waals surface area contributed by atoms with Crippen molar-refractivity contribution in [1.82, 2.24) is 0 Å². The molecule has 5 unspecified atom stereocenters. The molecule has 2 rings (SSSR count). The number of epoxide rings is 1. The van der Waals surface area contributed by atoms with E-state index < -0.39 is 22.4 Å². The van der Waals surface area contributed by atoms with E-state index in [1.165, 1.54) is 54.1 Å². The third kappa shape index (κ3) is 37.1. The first-order chi connectivity index (χ1) is 28.5. The minimum atomic E-state index is -0.702. The molecule has 1 aliphatic heterocycles. The van der Waals surface area contributed by atoms with Gasteiger partial charge in [0.2, 0.25) is 0 Å². The minimum absolute atomic E-state index is 0.0862. The average Bonchev–Trinajstić information content (AvgIpc) is 4.02. The molecule has 0 spiro atoms. The number of carbonyl (C=O) groups excluding carboxylic acids is 2. The summed E-state index contributed by atoms with van der Waals surface area (Å²) in [4.78, 5) is 22.0. The molecular weight excluding hydrogens is 773 g/mol. The molecule has 1 saturated heterocycles. The van der Waals surface area contributed by atoms with Gasteiger partial charge in [0.25, 0.3) is 0 Å². The molecule has 6 atom stereocenters. The third-order valence-electron chi connectivity index (χ3n) is 10.5. The molecule has 356 valence electrons. The smallest absolute Gasteiger partial charge is 0.306 e. The van der Waals surface area contributed by atoms with Crippen LogP contribution >= 0.6 is 0 Å². The molecule has 0 aromatic carbocycles. The van der Waals surface area contributed by atoms with Gasteiger partial charge in [-0.15, -0.1) is 6.58 Å². The molecule has 0 radical (unpaired) electrons. The zero-order valence-electron chi connectivity index (χ0n) is 42.7. The van der Waals surface area contributed by atoms with E-state index in [0.29, 0.717) is 6.42 Å². The number of rotatable bonds is 20. The molecule has 0 amide bonds. The van der Waals surface area contributed by atoms with Gasteiger partial charge in [0.1, 0.15) is 17.3 Å². The summed E-state index contributed by atoms with van der Waals surface area (Å²) in [5, 5.41) is 19.3. The summed E-state index contributed by atoms with van der Waals surface area (Å²) in [6, 6.07) is 0. The maximum Gasteiger partial charge on any atom is 0.306 e. The minimum Gasteiger partial charge on any atom is -0.455 e. The lowest BCUT2D eigenvalue weighted by molar-refractivity contribution is -0.154. The number of hydrogen-bond donors (Lipinski definition) is 2. The summed E-state index contributed by atoms with van der Waals surface area (Å²) in [6.07, 6.45) is 27.0. The van der Waals surface area contributed by atoms with Crippen LogP contribution in [0.3, 0.4) is 0 Å². The van der Waals surface area contributed by atoms with Crippen LogP contribution < -0.4 is 0 Å². The first-order valence-electron chi connectivity index (χ1n) is 22.8. The quantitative estimate of drug-likeness (QED) is 0.0713. The van der Waals surface area contributed by atoms with E-state index >= 15 is 0 Å². The Hall–Kier alpha value is -3.52. The Kier molecular flexibility index (Phi) is 33.5. The fraction of sp³-hybridized carbons (Fsp3) is 0.636. The van der Waals surface area contributed by atoms with E-state index in [0.717, 1.165) is 63.9 Å². The molecule has 7 nitrogen and oxygen atoms in total. The van der Waals surface area contributed by atoms with Crippen LogP contribution in [0.2, 0.25) is 0 Å². The maximum atomic E-state index is 11.2. The van der Waals surface area contributed by atoms with Gasteiger partial charge < -0.3 is 24.4 Å². The van der Waals surface area contributed by atoms with E-state index in [-0.39, 0.29) is 18.0 Å². The third-order valence-corrected chi connectivity index (χ3v) is 10.5. The summed E-state index contributed by atoms with van der Waals surface area (Å²) < 4.78 is 15.6. The highest BCUT2D eigenvalue weighted by Crippen LogP contribution is 2.29. The standard InChI is InChI=1S/C13H22O2.C12H20O2.C10H18O2.C10H18O.C10H16/c1-6-12(14)15-13(5,7-2)10-8-9-11(3)4;1-6-12(5,14-11(4)13)9-7-8-10(2)3;1-8(2)5-4-6-10(3,11)9-7-12-9;1-5-10(4,11)8-6-7-9(2)3;1-8(2)10-6-4-9(3)5-7-10/h7,9H,2,6,8,10H2,1,3-5H3;6,8H,1,7,9H2,2-5H3;5,9,11H,4,6-7H2,1-3H3;5,7,11H,1,6,8H2,2-4H3;4,10H,1,5-7H2,2-3H3/t;;;;10-/m....0/s1. The molecule has 0 aromatic rings. The predicted molar refractivity (Wildman–Crippen MR) is 267 cm³/mol. The van der Waals surface area contributed by atoms with Gasteiger partial charge in [-0.05, 0) is 186 Å². The number of allylic oxidation sites excluding steroid dienone is 11. The van der Waals surface area contributed by atoms with Crippen molar-refractivity contribution in [3.8, 4) is 0 Å². The zero-order valence-corrected chi connectivity index (χ0v) is 42.7. The van der Waals surface area contributed by atoms with Gasteiger partial charge in [-0.25, -0.2) is 0 Å². The molecule has 2 N–H and O–H groups in total. The Labute approximate surface area is 382 Å². The van der Waals surface area contributed by atoms with Gasteiger partial charge >= 0.3 is 11.9 Å². The van der Waals surface area contributed by atoms with Crippen molar-refractivity contribution in [2.75, 3.05) is 6.61 Å². The van der Waals surface area contributed by atoms with Gasteiger partial charge in [-0.3, -0.25) is 9.59 Å². The Morgan fingerprint density at radius 2 is 1.11 bits per heavy atom. The first-order valence-corrected chi connectivity index (χ1v) is 22.8. The van der Waals surface area contributed by atoms with Crippen LogP contribution in [0.25, 0.3) is 0 Å². The van der Waals surface area contributed by atoms with E-state index in [2.05, 4.69) is 126 Å². The topological polar surface area (TPSA) is 106 Å². The number of carbonyl (C=O) groups is 2. The highest BCUT2D eigenvalue weighted by Gasteiger charge is 2.40. The van der Waals surface area contributed by atoms with Crippen LogP contribution in [-0.4, -0.2) is 57.3 Å². The number of aliphatic hydroxyl groups is 2. The number of hydrogen-bond acceptors (Lipinski definition) is 7. The Bertz CT molecular complexity index is 1500.